The van der Waals surface area contributed by atoms with Gasteiger partial charge in [0.15, 0.2) is 11.5 Å². The molecule has 6 rings (SSSR count). The van der Waals surface area contributed by atoms with Crippen LogP contribution in [0.5, 0.6) is 0 Å². The van der Waals surface area contributed by atoms with Crippen molar-refractivity contribution in [1.29, 1.82) is 0 Å². The maximum atomic E-state index is 15.1. The number of amides is 1. The first kappa shape index (κ1) is 23.8. The molecule has 7 nitrogen and oxygen atoms in total. The van der Waals surface area contributed by atoms with Gasteiger partial charge in [0, 0.05) is 47.4 Å². The van der Waals surface area contributed by atoms with E-state index in [0.717, 1.165) is 12.8 Å². The molecule has 37 heavy (non-hydrogen) atoms. The van der Waals surface area contributed by atoms with E-state index in [2.05, 4.69) is 25.3 Å². The van der Waals surface area contributed by atoms with Crippen LogP contribution in [0.2, 0.25) is 5.02 Å². The SMILES string of the molecule is O=C1Nc2nc(-c3cn4ccnc4c(CCCC(F)(F)F)n3)ncc2C1(c1ccc(Cl)cc1F)C1CC1. The number of rotatable bonds is 6. The number of fused-ring (bicyclic) bond motifs is 2. The van der Waals surface area contributed by atoms with E-state index < -0.39 is 23.8 Å². The molecule has 1 fully saturated rings. The smallest absolute Gasteiger partial charge is 0.309 e. The Bertz CT molecular complexity index is 1550. The Hall–Kier alpha value is -3.60. The number of alkyl halides is 3. The Balaban J connectivity index is 1.41. The Kier molecular flexibility index (Phi) is 5.45. The van der Waals surface area contributed by atoms with Crippen molar-refractivity contribution < 1.29 is 22.4 Å². The van der Waals surface area contributed by atoms with Gasteiger partial charge < -0.3 is 9.72 Å². The van der Waals surface area contributed by atoms with E-state index in [1.54, 1.807) is 22.9 Å². The first-order valence-electron chi connectivity index (χ1n) is 11.7. The summed E-state index contributed by atoms with van der Waals surface area (Å²) in [6.07, 6.45) is 2.54. The Morgan fingerprint density at radius 2 is 1.97 bits per heavy atom. The lowest BCUT2D eigenvalue weighted by atomic mass is 9.72. The van der Waals surface area contributed by atoms with Crippen molar-refractivity contribution >= 4 is 29.0 Å². The predicted molar refractivity (Wildman–Crippen MR) is 127 cm³/mol. The average Bonchev–Trinajstić information content (AvgIpc) is 3.49. The molecule has 190 valence electrons. The third-order valence-electron chi connectivity index (χ3n) is 6.90. The van der Waals surface area contributed by atoms with Crippen LogP contribution in [0.3, 0.4) is 0 Å². The van der Waals surface area contributed by atoms with Crippen LogP contribution in [0.4, 0.5) is 23.4 Å². The monoisotopic (exact) mass is 530 g/mol. The lowest BCUT2D eigenvalue weighted by Gasteiger charge is -2.28. The highest BCUT2D eigenvalue weighted by atomic mass is 35.5. The van der Waals surface area contributed by atoms with Gasteiger partial charge in [-0.1, -0.05) is 17.7 Å². The van der Waals surface area contributed by atoms with Crippen LogP contribution in [0.25, 0.3) is 17.2 Å². The number of imidazole rings is 1. The molecule has 3 aromatic heterocycles. The fourth-order valence-corrected chi connectivity index (χ4v) is 5.32. The van der Waals surface area contributed by atoms with E-state index >= 15 is 4.39 Å². The van der Waals surface area contributed by atoms with E-state index in [4.69, 9.17) is 11.6 Å². The molecule has 1 atom stereocenters. The van der Waals surface area contributed by atoms with Crippen molar-refractivity contribution in [1.82, 2.24) is 24.3 Å². The normalized spacial score (nSPS) is 19.3. The zero-order valence-corrected chi connectivity index (χ0v) is 19.9. The number of hydrogen-bond donors (Lipinski definition) is 1. The number of anilines is 1. The van der Waals surface area contributed by atoms with E-state index in [0.29, 0.717) is 22.6 Å². The molecule has 1 unspecified atom stereocenters. The Morgan fingerprint density at radius 1 is 1.16 bits per heavy atom. The van der Waals surface area contributed by atoms with Crippen LogP contribution in [0.1, 0.15) is 42.5 Å². The fourth-order valence-electron chi connectivity index (χ4n) is 5.16. The summed E-state index contributed by atoms with van der Waals surface area (Å²) in [5.41, 5.74) is 0.566. The lowest BCUT2D eigenvalue weighted by Crippen LogP contribution is -2.39. The molecule has 1 aromatic carbocycles. The molecule has 2 aliphatic rings. The minimum Gasteiger partial charge on any atom is -0.309 e. The van der Waals surface area contributed by atoms with E-state index in [1.165, 1.54) is 24.5 Å². The highest BCUT2D eigenvalue weighted by molar-refractivity contribution is 6.30. The third-order valence-corrected chi connectivity index (χ3v) is 7.13. The van der Waals surface area contributed by atoms with Gasteiger partial charge in [0.2, 0.25) is 5.91 Å². The summed E-state index contributed by atoms with van der Waals surface area (Å²) >= 11 is 5.96. The maximum Gasteiger partial charge on any atom is 0.389 e. The van der Waals surface area contributed by atoms with Crippen LogP contribution in [0, 0.1) is 11.7 Å². The van der Waals surface area contributed by atoms with Gasteiger partial charge in [-0.15, -0.1) is 0 Å². The topological polar surface area (TPSA) is 85.1 Å². The van der Waals surface area contributed by atoms with Crippen LogP contribution < -0.4 is 5.32 Å². The average molecular weight is 531 g/mol. The van der Waals surface area contributed by atoms with Gasteiger partial charge in [-0.05, 0) is 43.7 Å². The first-order chi connectivity index (χ1) is 17.7. The highest BCUT2D eigenvalue weighted by Gasteiger charge is 2.59. The number of carbonyl (C=O) groups is 1. The second-order valence-corrected chi connectivity index (χ2v) is 9.75. The fraction of sp³-hybridized carbons (Fsp3) is 0.320. The molecule has 1 N–H and O–H groups in total. The zero-order valence-electron chi connectivity index (χ0n) is 19.2. The molecule has 1 saturated carbocycles. The second kappa shape index (κ2) is 8.47. The van der Waals surface area contributed by atoms with Gasteiger partial charge in [0.1, 0.15) is 22.7 Å². The molecule has 0 saturated heterocycles. The second-order valence-electron chi connectivity index (χ2n) is 9.32. The van der Waals surface area contributed by atoms with Crippen LogP contribution >= 0.6 is 11.6 Å². The first-order valence-corrected chi connectivity index (χ1v) is 12.1. The highest BCUT2D eigenvalue weighted by Crippen LogP contribution is 2.56. The van der Waals surface area contributed by atoms with Gasteiger partial charge in [-0.2, -0.15) is 13.2 Å². The number of aromatic nitrogens is 5. The van der Waals surface area contributed by atoms with Crippen molar-refractivity contribution in [2.24, 2.45) is 5.92 Å². The van der Waals surface area contributed by atoms with Crippen molar-refractivity contribution in [2.75, 3.05) is 5.32 Å². The van der Waals surface area contributed by atoms with Crippen LogP contribution in [0.15, 0.2) is 43.0 Å². The number of benzene rings is 1. The molecule has 4 heterocycles. The quantitative estimate of drug-likeness (QED) is 0.332. The zero-order chi connectivity index (χ0) is 25.9. The largest absolute Gasteiger partial charge is 0.389 e. The van der Waals surface area contributed by atoms with Gasteiger partial charge in [-0.3, -0.25) is 4.79 Å². The van der Waals surface area contributed by atoms with Gasteiger partial charge >= 0.3 is 6.18 Å². The van der Waals surface area contributed by atoms with Crippen molar-refractivity contribution in [3.8, 4) is 11.5 Å². The van der Waals surface area contributed by atoms with E-state index in [9.17, 15) is 18.0 Å². The predicted octanol–water partition coefficient (Wildman–Crippen LogP) is 5.51. The molecular formula is C25H19ClF4N6O. The molecule has 12 heteroatoms. The summed E-state index contributed by atoms with van der Waals surface area (Å²) < 4.78 is 54.8. The van der Waals surface area contributed by atoms with E-state index in [-0.39, 0.29) is 46.9 Å². The molecule has 1 aliphatic carbocycles. The Morgan fingerprint density at radius 3 is 2.70 bits per heavy atom. The summed E-state index contributed by atoms with van der Waals surface area (Å²) in [6, 6.07) is 4.27. The summed E-state index contributed by atoms with van der Waals surface area (Å²) in [6.45, 7) is 0. The molecule has 1 aliphatic heterocycles. The summed E-state index contributed by atoms with van der Waals surface area (Å²) in [4.78, 5) is 31.1. The van der Waals surface area contributed by atoms with Crippen molar-refractivity contribution in [3.63, 3.8) is 0 Å². The molecule has 0 radical (unpaired) electrons. The summed E-state index contributed by atoms with van der Waals surface area (Å²) in [5.74, 6) is -0.650. The summed E-state index contributed by atoms with van der Waals surface area (Å²) in [7, 11) is 0. The lowest BCUT2D eigenvalue weighted by molar-refractivity contribution is -0.135. The number of hydrogen-bond acceptors (Lipinski definition) is 5. The minimum atomic E-state index is -4.26. The maximum absolute atomic E-state index is 15.1. The molecular weight excluding hydrogens is 512 g/mol. The third kappa shape index (κ3) is 4.01. The van der Waals surface area contributed by atoms with Gasteiger partial charge in [0.05, 0.1) is 5.69 Å². The van der Waals surface area contributed by atoms with Crippen molar-refractivity contribution in [3.05, 3.63) is 70.6 Å². The van der Waals surface area contributed by atoms with Gasteiger partial charge in [-0.25, -0.2) is 24.3 Å². The van der Waals surface area contributed by atoms with Gasteiger partial charge in [0.25, 0.3) is 0 Å². The van der Waals surface area contributed by atoms with Crippen LogP contribution in [-0.2, 0) is 16.6 Å². The van der Waals surface area contributed by atoms with Crippen LogP contribution in [-0.4, -0.2) is 36.4 Å². The number of carbonyl (C=O) groups excluding carboxylic acids is 1. The number of nitrogens with one attached hydrogen (secondary N) is 1. The molecule has 0 bridgehead atoms. The molecule has 0 spiro atoms. The van der Waals surface area contributed by atoms with Crippen molar-refractivity contribution in [2.45, 2.75) is 43.7 Å². The molecule has 1 amide bonds. The standard InChI is InChI=1S/C25H19ClF4N6O/c26-14-5-6-15(17(27)10-14)25(13-3-4-13)16-11-32-21(34-20(16)35-23(25)37)19-12-36-9-8-31-22(36)18(33-19)2-1-7-24(28,29)30/h5-6,8-13H,1-4,7H2,(H,32,34,35,37). The van der Waals surface area contributed by atoms with E-state index in [1.807, 2.05) is 0 Å². The number of aryl methyl sites for hydroxylation is 1. The Labute approximate surface area is 212 Å². The minimum absolute atomic E-state index is 0.0656. The number of halogens is 5. The number of nitrogens with zero attached hydrogens (tertiary/aromatic N) is 5. The molecule has 4 aromatic rings. The summed E-state index contributed by atoms with van der Waals surface area (Å²) in [5, 5.41) is 3.02.